The molecule has 0 radical (unpaired) electrons. The fourth-order valence-electron chi connectivity index (χ4n) is 3.72. The van der Waals surface area contributed by atoms with Crippen LogP contribution in [0.15, 0.2) is 18.2 Å². The molecule has 1 spiro atoms. The van der Waals surface area contributed by atoms with Gasteiger partial charge in [-0.05, 0) is 30.5 Å². The van der Waals surface area contributed by atoms with Crippen molar-refractivity contribution in [1.29, 1.82) is 0 Å². The number of methoxy groups -OCH3 is 1. The second-order valence-electron chi connectivity index (χ2n) is 6.48. The molecule has 1 N–H and O–H groups in total. The van der Waals surface area contributed by atoms with Gasteiger partial charge in [0, 0.05) is 25.0 Å². The molecule has 0 unspecified atom stereocenters. The average molecular weight is 291 g/mol. The number of phenolic OH excluding ortho intramolecular Hbond substituents is 1. The maximum atomic E-state index is 9.69. The maximum absolute atomic E-state index is 9.69. The van der Waals surface area contributed by atoms with Crippen LogP contribution in [-0.2, 0) is 11.3 Å². The molecular weight excluding hydrogens is 266 g/mol. The van der Waals surface area contributed by atoms with Gasteiger partial charge in [0.15, 0.2) is 11.5 Å². The van der Waals surface area contributed by atoms with Gasteiger partial charge in [-0.25, -0.2) is 0 Å². The molecule has 3 rings (SSSR count). The van der Waals surface area contributed by atoms with Gasteiger partial charge in [0.2, 0.25) is 0 Å². The first kappa shape index (κ1) is 14.7. The Bertz CT molecular complexity index is 483. The zero-order chi connectivity index (χ0) is 14.7. The van der Waals surface area contributed by atoms with Gasteiger partial charge in [0.25, 0.3) is 0 Å². The molecule has 2 aliphatic rings. The Balaban J connectivity index is 1.71. The number of ether oxygens (including phenoxy) is 2. The van der Waals surface area contributed by atoms with E-state index in [0.717, 1.165) is 32.8 Å². The van der Waals surface area contributed by atoms with Gasteiger partial charge >= 0.3 is 0 Å². The summed E-state index contributed by atoms with van der Waals surface area (Å²) in [7, 11) is 1.59. The van der Waals surface area contributed by atoms with E-state index in [1.54, 1.807) is 13.2 Å². The lowest BCUT2D eigenvalue weighted by atomic mass is 9.86. The van der Waals surface area contributed by atoms with Crippen molar-refractivity contribution in [2.75, 3.05) is 33.4 Å². The molecule has 0 bridgehead atoms. The third-order valence-electron chi connectivity index (χ3n) is 4.83. The van der Waals surface area contributed by atoms with Crippen LogP contribution >= 0.6 is 0 Å². The highest BCUT2D eigenvalue weighted by Gasteiger charge is 2.37. The number of nitrogens with zero attached hydrogens (tertiary/aromatic N) is 1. The molecule has 21 heavy (non-hydrogen) atoms. The largest absolute Gasteiger partial charge is 0.504 e. The molecule has 2 fully saturated rings. The summed E-state index contributed by atoms with van der Waals surface area (Å²) in [4.78, 5) is 2.49. The summed E-state index contributed by atoms with van der Waals surface area (Å²) in [5, 5.41) is 9.69. The predicted octanol–water partition coefficient (Wildman–Crippen LogP) is 2.79. The second kappa shape index (κ2) is 6.24. The summed E-state index contributed by atoms with van der Waals surface area (Å²) in [6.45, 7) is 4.72. The number of phenols is 1. The molecule has 1 aromatic carbocycles. The summed E-state index contributed by atoms with van der Waals surface area (Å²) in [5.41, 5.74) is 1.55. The van der Waals surface area contributed by atoms with Gasteiger partial charge in [0.05, 0.1) is 20.3 Å². The zero-order valence-corrected chi connectivity index (χ0v) is 12.8. The van der Waals surface area contributed by atoms with E-state index in [4.69, 9.17) is 9.47 Å². The van der Waals surface area contributed by atoms with Crippen LogP contribution in [0.5, 0.6) is 11.5 Å². The van der Waals surface area contributed by atoms with Crippen molar-refractivity contribution in [3.05, 3.63) is 23.8 Å². The highest BCUT2D eigenvalue weighted by atomic mass is 16.5. The van der Waals surface area contributed by atoms with Crippen molar-refractivity contribution in [3.8, 4) is 11.5 Å². The van der Waals surface area contributed by atoms with Gasteiger partial charge in [-0.3, -0.25) is 4.90 Å². The third-order valence-corrected chi connectivity index (χ3v) is 4.83. The Morgan fingerprint density at radius 1 is 1.33 bits per heavy atom. The molecule has 0 atom stereocenters. The van der Waals surface area contributed by atoms with Crippen LogP contribution < -0.4 is 4.74 Å². The number of hydrogen-bond donors (Lipinski definition) is 1. The minimum atomic E-state index is 0.202. The standard InChI is InChI=1S/C17H25NO3/c1-20-16-10-14(4-5-15(16)19)11-18-8-9-21-13-17(12-18)6-2-3-7-17/h4-5,10,19H,2-3,6-9,11-13H2,1H3. The van der Waals surface area contributed by atoms with Gasteiger partial charge in [0.1, 0.15) is 0 Å². The highest BCUT2D eigenvalue weighted by Crippen LogP contribution is 2.40. The zero-order valence-electron chi connectivity index (χ0n) is 12.8. The first-order valence-corrected chi connectivity index (χ1v) is 7.87. The molecule has 1 saturated carbocycles. The molecule has 4 nitrogen and oxygen atoms in total. The van der Waals surface area contributed by atoms with Gasteiger partial charge in [-0.15, -0.1) is 0 Å². The van der Waals surface area contributed by atoms with Crippen molar-refractivity contribution in [2.45, 2.75) is 32.2 Å². The van der Waals surface area contributed by atoms with Crippen molar-refractivity contribution in [2.24, 2.45) is 5.41 Å². The highest BCUT2D eigenvalue weighted by molar-refractivity contribution is 5.41. The minimum absolute atomic E-state index is 0.202. The first-order chi connectivity index (χ1) is 10.2. The number of rotatable bonds is 3. The van der Waals surface area contributed by atoms with Gasteiger partial charge < -0.3 is 14.6 Å². The molecule has 4 heteroatoms. The summed E-state index contributed by atoms with van der Waals surface area (Å²) >= 11 is 0. The number of hydrogen-bond acceptors (Lipinski definition) is 4. The third kappa shape index (κ3) is 3.33. The second-order valence-corrected chi connectivity index (χ2v) is 6.48. The van der Waals surface area contributed by atoms with Crippen molar-refractivity contribution >= 4 is 0 Å². The smallest absolute Gasteiger partial charge is 0.160 e. The molecule has 1 saturated heterocycles. The lowest BCUT2D eigenvalue weighted by molar-refractivity contribution is 0.0709. The molecule has 1 aliphatic heterocycles. The molecule has 1 aliphatic carbocycles. The fourth-order valence-corrected chi connectivity index (χ4v) is 3.72. The van der Waals surface area contributed by atoms with E-state index in [0.29, 0.717) is 11.2 Å². The Morgan fingerprint density at radius 3 is 2.90 bits per heavy atom. The van der Waals surface area contributed by atoms with Crippen LogP contribution in [0.2, 0.25) is 0 Å². The predicted molar refractivity (Wildman–Crippen MR) is 81.7 cm³/mol. The molecule has 0 aromatic heterocycles. The number of benzene rings is 1. The van der Waals surface area contributed by atoms with Crippen LogP contribution in [0.4, 0.5) is 0 Å². The fraction of sp³-hybridized carbons (Fsp3) is 0.647. The van der Waals surface area contributed by atoms with Gasteiger partial charge in [-0.1, -0.05) is 18.9 Å². The normalized spacial score (nSPS) is 22.3. The Hall–Kier alpha value is -1.26. The lowest BCUT2D eigenvalue weighted by Gasteiger charge is -2.31. The van der Waals surface area contributed by atoms with Crippen LogP contribution in [-0.4, -0.2) is 43.4 Å². The maximum Gasteiger partial charge on any atom is 0.160 e. The average Bonchev–Trinajstić information content (AvgIpc) is 2.84. The SMILES string of the molecule is COc1cc(CN2CCOCC3(CCCC3)C2)ccc1O. The molecule has 0 amide bonds. The van der Waals surface area contributed by atoms with E-state index < -0.39 is 0 Å². The van der Waals surface area contributed by atoms with Crippen LogP contribution in [0, 0.1) is 5.41 Å². The summed E-state index contributed by atoms with van der Waals surface area (Å²) in [5.74, 6) is 0.752. The molecule has 116 valence electrons. The van der Waals surface area contributed by atoms with Gasteiger partial charge in [-0.2, -0.15) is 0 Å². The van der Waals surface area contributed by atoms with Crippen LogP contribution in [0.1, 0.15) is 31.2 Å². The van der Waals surface area contributed by atoms with E-state index in [1.807, 2.05) is 12.1 Å². The summed E-state index contributed by atoms with van der Waals surface area (Å²) in [6, 6.07) is 5.63. The van der Waals surface area contributed by atoms with Crippen LogP contribution in [0.3, 0.4) is 0 Å². The van der Waals surface area contributed by atoms with E-state index in [9.17, 15) is 5.11 Å². The van der Waals surface area contributed by atoms with E-state index in [-0.39, 0.29) is 5.75 Å². The quantitative estimate of drug-likeness (QED) is 0.930. The van der Waals surface area contributed by atoms with Crippen molar-refractivity contribution in [1.82, 2.24) is 4.90 Å². The van der Waals surface area contributed by atoms with E-state index >= 15 is 0 Å². The molecule has 1 aromatic rings. The summed E-state index contributed by atoms with van der Waals surface area (Å²) < 4.78 is 11.1. The monoisotopic (exact) mass is 291 g/mol. The van der Waals surface area contributed by atoms with Crippen molar-refractivity contribution in [3.63, 3.8) is 0 Å². The molecular formula is C17H25NO3. The number of aromatic hydroxyl groups is 1. The first-order valence-electron chi connectivity index (χ1n) is 7.87. The molecule has 1 heterocycles. The topological polar surface area (TPSA) is 41.9 Å². The lowest BCUT2D eigenvalue weighted by Crippen LogP contribution is -2.36. The summed E-state index contributed by atoms with van der Waals surface area (Å²) in [6.07, 6.45) is 5.26. The van der Waals surface area contributed by atoms with Crippen LogP contribution in [0.25, 0.3) is 0 Å². The Labute approximate surface area is 126 Å². The minimum Gasteiger partial charge on any atom is -0.504 e. The Morgan fingerprint density at radius 2 is 2.14 bits per heavy atom. The Kier molecular flexibility index (Phi) is 4.36. The van der Waals surface area contributed by atoms with E-state index in [2.05, 4.69) is 4.90 Å². The van der Waals surface area contributed by atoms with E-state index in [1.165, 1.54) is 31.2 Å². The van der Waals surface area contributed by atoms with Crippen molar-refractivity contribution < 1.29 is 14.6 Å².